The van der Waals surface area contributed by atoms with Crippen LogP contribution in [0.25, 0.3) is 0 Å². The minimum atomic E-state index is -0.231. The Labute approximate surface area is 116 Å². The molecular weight excluding hydrogens is 266 g/mol. The first-order valence-corrected chi connectivity index (χ1v) is 7.07. The number of rotatable bonds is 5. The largest absolute Gasteiger partial charge is 0.378 e. The van der Waals surface area contributed by atoms with E-state index in [1.807, 2.05) is 6.92 Å². The summed E-state index contributed by atoms with van der Waals surface area (Å²) in [6.07, 6.45) is 1.78. The van der Waals surface area contributed by atoms with E-state index in [4.69, 9.17) is 10.6 Å². The Morgan fingerprint density at radius 3 is 3.26 bits per heavy atom. The minimum absolute atomic E-state index is 0.0175. The van der Waals surface area contributed by atoms with Gasteiger partial charge in [-0.05, 0) is 6.92 Å². The van der Waals surface area contributed by atoms with Crippen LogP contribution in [0.5, 0.6) is 0 Å². The van der Waals surface area contributed by atoms with Gasteiger partial charge in [-0.15, -0.1) is 0 Å². The van der Waals surface area contributed by atoms with Crippen molar-refractivity contribution >= 4 is 22.4 Å². The summed E-state index contributed by atoms with van der Waals surface area (Å²) >= 11 is 1.49. The van der Waals surface area contributed by atoms with Gasteiger partial charge in [0.2, 0.25) is 5.91 Å². The molecule has 1 aromatic rings. The molecule has 1 amide bonds. The van der Waals surface area contributed by atoms with Crippen molar-refractivity contribution in [2.24, 2.45) is 5.84 Å². The summed E-state index contributed by atoms with van der Waals surface area (Å²) in [5.41, 5.74) is 2.52. The summed E-state index contributed by atoms with van der Waals surface area (Å²) in [6.45, 7) is 5.05. The lowest BCUT2D eigenvalue weighted by Gasteiger charge is -2.33. The zero-order valence-corrected chi connectivity index (χ0v) is 11.7. The van der Waals surface area contributed by atoms with Gasteiger partial charge in [0.25, 0.3) is 0 Å². The van der Waals surface area contributed by atoms with E-state index in [1.54, 1.807) is 6.20 Å². The molecule has 4 N–H and O–H groups in total. The Hall–Kier alpha value is -1.22. The van der Waals surface area contributed by atoms with Gasteiger partial charge in [-0.1, -0.05) is 11.3 Å². The maximum atomic E-state index is 12.0. The second-order valence-electron chi connectivity index (χ2n) is 4.23. The van der Waals surface area contributed by atoms with E-state index >= 15 is 0 Å². The summed E-state index contributed by atoms with van der Waals surface area (Å²) in [4.78, 5) is 19.3. The minimum Gasteiger partial charge on any atom is -0.378 e. The van der Waals surface area contributed by atoms with Gasteiger partial charge >= 0.3 is 0 Å². The average molecular weight is 285 g/mol. The van der Waals surface area contributed by atoms with Crippen LogP contribution in [0.3, 0.4) is 0 Å². The van der Waals surface area contributed by atoms with Crippen LogP contribution in [0.15, 0.2) is 6.20 Å². The lowest BCUT2D eigenvalue weighted by Crippen LogP contribution is -2.53. The van der Waals surface area contributed by atoms with Crippen molar-refractivity contribution in [1.82, 2.24) is 15.2 Å². The SMILES string of the molecule is CCNC(=O)C1COCCN1Cc1cnc(NN)s1. The second-order valence-corrected chi connectivity index (χ2v) is 5.35. The van der Waals surface area contributed by atoms with Crippen LogP contribution in [0.1, 0.15) is 11.8 Å². The maximum absolute atomic E-state index is 12.0. The number of aromatic nitrogens is 1. The Kier molecular flexibility index (Phi) is 5.08. The fourth-order valence-corrected chi connectivity index (χ4v) is 2.76. The number of ether oxygens (including phenoxy) is 1. The number of anilines is 1. The fourth-order valence-electron chi connectivity index (χ4n) is 2.01. The van der Waals surface area contributed by atoms with Crippen LogP contribution in [-0.2, 0) is 16.1 Å². The first-order valence-electron chi connectivity index (χ1n) is 6.25. The third-order valence-corrected chi connectivity index (χ3v) is 3.84. The predicted octanol–water partition coefficient (Wildman–Crippen LogP) is -0.234. The van der Waals surface area contributed by atoms with E-state index in [0.717, 1.165) is 11.4 Å². The van der Waals surface area contributed by atoms with E-state index in [2.05, 4.69) is 20.6 Å². The smallest absolute Gasteiger partial charge is 0.239 e. The maximum Gasteiger partial charge on any atom is 0.239 e. The van der Waals surface area contributed by atoms with E-state index in [0.29, 0.717) is 31.4 Å². The lowest BCUT2D eigenvalue weighted by atomic mass is 10.2. The van der Waals surface area contributed by atoms with E-state index in [1.165, 1.54) is 11.3 Å². The highest BCUT2D eigenvalue weighted by molar-refractivity contribution is 7.15. The van der Waals surface area contributed by atoms with Crippen LogP contribution in [0.4, 0.5) is 5.13 Å². The molecule has 106 valence electrons. The van der Waals surface area contributed by atoms with Gasteiger partial charge < -0.3 is 10.1 Å². The highest BCUT2D eigenvalue weighted by Gasteiger charge is 2.29. The molecule has 19 heavy (non-hydrogen) atoms. The van der Waals surface area contributed by atoms with Crippen LogP contribution in [0, 0.1) is 0 Å². The molecule has 1 aliphatic heterocycles. The number of carbonyl (C=O) groups excluding carboxylic acids is 1. The fraction of sp³-hybridized carbons (Fsp3) is 0.636. The van der Waals surface area contributed by atoms with Gasteiger partial charge in [0.15, 0.2) is 5.13 Å². The number of thiazole rings is 1. The molecule has 0 spiro atoms. The number of nitrogens with one attached hydrogen (secondary N) is 2. The molecule has 1 saturated heterocycles. The predicted molar refractivity (Wildman–Crippen MR) is 73.6 cm³/mol. The Morgan fingerprint density at radius 1 is 1.74 bits per heavy atom. The number of hydrazine groups is 1. The molecule has 0 saturated carbocycles. The number of nitrogen functional groups attached to an aromatic ring is 1. The molecular formula is C11H19N5O2S. The van der Waals surface area contributed by atoms with Gasteiger partial charge in [-0.2, -0.15) is 0 Å². The number of morpholine rings is 1. The topological polar surface area (TPSA) is 92.5 Å². The lowest BCUT2D eigenvalue weighted by molar-refractivity contribution is -0.132. The number of nitrogens with zero attached hydrogens (tertiary/aromatic N) is 2. The third kappa shape index (κ3) is 3.63. The summed E-state index contributed by atoms with van der Waals surface area (Å²) in [5, 5.41) is 3.52. The van der Waals surface area contributed by atoms with E-state index in [9.17, 15) is 4.79 Å². The zero-order valence-electron chi connectivity index (χ0n) is 10.9. The Bertz CT molecular complexity index is 425. The zero-order chi connectivity index (χ0) is 13.7. The highest BCUT2D eigenvalue weighted by atomic mass is 32.1. The quantitative estimate of drug-likeness (QED) is 0.511. The number of carbonyl (C=O) groups is 1. The van der Waals surface area contributed by atoms with Gasteiger partial charge in [0, 0.05) is 30.7 Å². The molecule has 1 unspecified atom stereocenters. The number of hydrogen-bond acceptors (Lipinski definition) is 7. The summed E-state index contributed by atoms with van der Waals surface area (Å²) in [7, 11) is 0. The summed E-state index contributed by atoms with van der Waals surface area (Å²) in [5.74, 6) is 5.33. The molecule has 2 rings (SSSR count). The number of likely N-dealkylation sites (N-methyl/N-ethyl adjacent to an activating group) is 1. The first kappa shape index (κ1) is 14.2. The van der Waals surface area contributed by atoms with Gasteiger partial charge in [0.05, 0.1) is 13.2 Å². The third-order valence-electron chi connectivity index (χ3n) is 2.93. The van der Waals surface area contributed by atoms with Crippen molar-refractivity contribution < 1.29 is 9.53 Å². The Balaban J connectivity index is 2.00. The number of nitrogens with two attached hydrogens (primary N) is 1. The summed E-state index contributed by atoms with van der Waals surface area (Å²) < 4.78 is 5.40. The second kappa shape index (κ2) is 6.80. The molecule has 0 aliphatic carbocycles. The van der Waals surface area contributed by atoms with E-state index in [-0.39, 0.29) is 11.9 Å². The van der Waals surface area contributed by atoms with Gasteiger partial charge in [0.1, 0.15) is 6.04 Å². The van der Waals surface area contributed by atoms with E-state index < -0.39 is 0 Å². The van der Waals surface area contributed by atoms with Crippen LogP contribution < -0.4 is 16.6 Å². The van der Waals surface area contributed by atoms with Crippen molar-refractivity contribution in [3.63, 3.8) is 0 Å². The van der Waals surface area contributed by atoms with Crippen molar-refractivity contribution in [2.75, 3.05) is 31.7 Å². The molecule has 1 aliphatic rings. The molecule has 0 radical (unpaired) electrons. The van der Waals surface area contributed by atoms with Crippen molar-refractivity contribution in [2.45, 2.75) is 19.5 Å². The molecule has 1 aromatic heterocycles. The first-order chi connectivity index (χ1) is 9.24. The molecule has 7 nitrogen and oxygen atoms in total. The van der Waals surface area contributed by atoms with Crippen molar-refractivity contribution in [3.8, 4) is 0 Å². The van der Waals surface area contributed by atoms with Crippen molar-refractivity contribution in [1.29, 1.82) is 0 Å². The molecule has 0 bridgehead atoms. The standard InChI is InChI=1S/C11H19N5O2S/c1-2-13-10(17)9-7-18-4-3-16(9)6-8-5-14-11(15-12)19-8/h5,9H,2-4,6-7,12H2,1H3,(H,13,17)(H,14,15). The van der Waals surface area contributed by atoms with Crippen LogP contribution in [-0.4, -0.2) is 48.1 Å². The number of amides is 1. The Morgan fingerprint density at radius 2 is 2.58 bits per heavy atom. The monoisotopic (exact) mass is 285 g/mol. The number of hydrogen-bond donors (Lipinski definition) is 3. The highest BCUT2D eigenvalue weighted by Crippen LogP contribution is 2.20. The van der Waals surface area contributed by atoms with Crippen molar-refractivity contribution in [3.05, 3.63) is 11.1 Å². The molecule has 8 heteroatoms. The van der Waals surface area contributed by atoms with Gasteiger partial charge in [-0.3, -0.25) is 15.1 Å². The molecule has 1 fully saturated rings. The molecule has 1 atom stereocenters. The van der Waals surface area contributed by atoms with Crippen LogP contribution in [0.2, 0.25) is 0 Å². The van der Waals surface area contributed by atoms with Crippen LogP contribution >= 0.6 is 11.3 Å². The molecule has 2 heterocycles. The van der Waals surface area contributed by atoms with Gasteiger partial charge in [-0.25, -0.2) is 10.8 Å². The summed E-state index contributed by atoms with van der Waals surface area (Å²) in [6, 6.07) is -0.231. The molecule has 0 aromatic carbocycles. The normalized spacial score (nSPS) is 20.2. The average Bonchev–Trinajstić information content (AvgIpc) is 2.87.